The van der Waals surface area contributed by atoms with E-state index in [1.54, 1.807) is 0 Å². The highest BCUT2D eigenvalue weighted by Crippen LogP contribution is 2.25. The summed E-state index contributed by atoms with van der Waals surface area (Å²) in [6, 6.07) is 23.7. The first kappa shape index (κ1) is 28.1. The highest BCUT2D eigenvalue weighted by Gasteiger charge is 2.25. The Morgan fingerprint density at radius 1 is 0.711 bits per heavy atom. The molecule has 0 aliphatic carbocycles. The van der Waals surface area contributed by atoms with Crippen LogP contribution < -0.4 is 16.4 Å². The molecule has 6 N–H and O–H groups in total. The third-order valence-corrected chi connectivity index (χ3v) is 6.06. The summed E-state index contributed by atoms with van der Waals surface area (Å²) in [4.78, 5) is 47.3. The lowest BCUT2D eigenvalue weighted by Gasteiger charge is -2.20. The van der Waals surface area contributed by atoms with E-state index >= 15 is 0 Å². The van der Waals surface area contributed by atoms with Crippen LogP contribution in [0.15, 0.2) is 78.9 Å². The summed E-state index contributed by atoms with van der Waals surface area (Å²) in [5.74, 6) is -3.32. The fourth-order valence-corrected chi connectivity index (χ4v) is 3.89. The van der Waals surface area contributed by atoms with Crippen molar-refractivity contribution < 1.29 is 29.4 Å². The Labute approximate surface area is 220 Å². The molecule has 38 heavy (non-hydrogen) atoms. The largest absolute Gasteiger partial charge is 0.481 e. The number of benzene rings is 3. The number of primary amides is 1. The normalized spacial score (nSPS) is 12.2. The van der Waals surface area contributed by atoms with Gasteiger partial charge in [-0.2, -0.15) is 0 Å². The topological polar surface area (TPSA) is 159 Å². The van der Waals surface area contributed by atoms with Crippen molar-refractivity contribution in [1.82, 2.24) is 10.6 Å². The van der Waals surface area contributed by atoms with Crippen molar-refractivity contribution in [3.8, 4) is 22.3 Å². The zero-order valence-corrected chi connectivity index (χ0v) is 20.8. The molecule has 9 nitrogen and oxygen atoms in total. The number of hydrogen-bond acceptors (Lipinski definition) is 5. The second kappa shape index (κ2) is 13.7. The van der Waals surface area contributed by atoms with Crippen LogP contribution in [0.3, 0.4) is 0 Å². The van der Waals surface area contributed by atoms with E-state index < -0.39 is 42.4 Å². The van der Waals surface area contributed by atoms with E-state index in [9.17, 15) is 24.3 Å². The molecule has 3 amide bonds. The first-order valence-electron chi connectivity index (χ1n) is 12.2. The van der Waals surface area contributed by atoms with Gasteiger partial charge in [0.1, 0.15) is 12.1 Å². The van der Waals surface area contributed by atoms with Gasteiger partial charge in [-0.25, -0.2) is 0 Å². The molecule has 9 heteroatoms. The molecule has 0 heterocycles. The van der Waals surface area contributed by atoms with Gasteiger partial charge in [0.05, 0.1) is 6.61 Å². The van der Waals surface area contributed by atoms with Crippen LogP contribution in [0.25, 0.3) is 22.3 Å². The number of aliphatic hydroxyl groups excluding tert-OH is 1. The Balaban J connectivity index is 1.56. The zero-order chi connectivity index (χ0) is 27.5. The fraction of sp³-hybridized carbons (Fsp3) is 0.241. The summed E-state index contributed by atoms with van der Waals surface area (Å²) in [7, 11) is 0. The number of hydrogen-bond donors (Lipinski definition) is 5. The number of carbonyl (C=O) groups is 4. The minimum atomic E-state index is -1.33. The van der Waals surface area contributed by atoms with Crippen molar-refractivity contribution in [2.24, 2.45) is 5.73 Å². The van der Waals surface area contributed by atoms with Crippen LogP contribution in [0.1, 0.15) is 24.8 Å². The molecule has 0 aliphatic heterocycles. The minimum absolute atomic E-state index is 0.0707. The van der Waals surface area contributed by atoms with Crippen molar-refractivity contribution in [2.45, 2.75) is 37.8 Å². The quantitative estimate of drug-likeness (QED) is 0.234. The van der Waals surface area contributed by atoms with Crippen LogP contribution in [0.5, 0.6) is 0 Å². The van der Waals surface area contributed by atoms with Crippen LogP contribution >= 0.6 is 0 Å². The summed E-state index contributed by atoms with van der Waals surface area (Å²) >= 11 is 0. The van der Waals surface area contributed by atoms with Crippen molar-refractivity contribution >= 4 is 23.7 Å². The van der Waals surface area contributed by atoms with Gasteiger partial charge in [-0.15, -0.1) is 0 Å². The second-order valence-electron chi connectivity index (χ2n) is 8.84. The maximum absolute atomic E-state index is 12.5. The number of aliphatic hydroxyl groups is 1. The van der Waals surface area contributed by atoms with Gasteiger partial charge in [-0.3, -0.25) is 19.2 Å². The number of aryl methyl sites for hydroxylation is 1. The van der Waals surface area contributed by atoms with E-state index in [1.165, 1.54) is 0 Å². The van der Waals surface area contributed by atoms with Crippen LogP contribution in [-0.4, -0.2) is 52.6 Å². The highest BCUT2D eigenvalue weighted by atomic mass is 16.4. The third-order valence-electron chi connectivity index (χ3n) is 6.06. The molecular weight excluding hydrogens is 486 g/mol. The Hall–Kier alpha value is -4.50. The van der Waals surface area contributed by atoms with Gasteiger partial charge in [0.2, 0.25) is 17.7 Å². The SMILES string of the molecule is NC(=O)C(CO)NC(=O)[C@H](CCC(=O)O)NC(=O)CCc1ccc(-c2ccc(-c3ccccc3)cc2)cc1. The monoisotopic (exact) mass is 517 g/mol. The number of amides is 3. The van der Waals surface area contributed by atoms with Gasteiger partial charge >= 0.3 is 5.97 Å². The van der Waals surface area contributed by atoms with Gasteiger partial charge in [-0.05, 0) is 40.7 Å². The Morgan fingerprint density at radius 3 is 1.74 bits per heavy atom. The van der Waals surface area contributed by atoms with Gasteiger partial charge in [0, 0.05) is 12.8 Å². The molecule has 2 atom stereocenters. The number of nitrogens with one attached hydrogen (secondary N) is 2. The summed E-state index contributed by atoms with van der Waals surface area (Å²) in [5.41, 5.74) is 10.4. The van der Waals surface area contributed by atoms with Crippen LogP contribution in [0.2, 0.25) is 0 Å². The van der Waals surface area contributed by atoms with Crippen molar-refractivity contribution in [2.75, 3.05) is 6.61 Å². The molecule has 0 aliphatic rings. The van der Waals surface area contributed by atoms with E-state index in [1.807, 2.05) is 42.5 Å². The number of nitrogens with two attached hydrogens (primary N) is 1. The van der Waals surface area contributed by atoms with Crippen molar-refractivity contribution in [3.05, 3.63) is 84.4 Å². The molecule has 3 aromatic rings. The molecule has 0 saturated heterocycles. The predicted octanol–water partition coefficient (Wildman–Crippen LogP) is 2.27. The van der Waals surface area contributed by atoms with Gasteiger partial charge in [0.25, 0.3) is 0 Å². The lowest BCUT2D eigenvalue weighted by Crippen LogP contribution is -2.54. The molecule has 0 radical (unpaired) electrons. The molecule has 3 aromatic carbocycles. The molecule has 0 aromatic heterocycles. The number of carboxylic acids is 1. The van der Waals surface area contributed by atoms with Crippen LogP contribution in [0, 0.1) is 0 Å². The molecule has 0 fully saturated rings. The smallest absolute Gasteiger partial charge is 0.303 e. The molecule has 0 saturated carbocycles. The number of carbonyl (C=O) groups excluding carboxylic acids is 3. The van der Waals surface area contributed by atoms with Gasteiger partial charge in [-0.1, -0.05) is 78.9 Å². The third kappa shape index (κ3) is 8.28. The predicted molar refractivity (Wildman–Crippen MR) is 143 cm³/mol. The summed E-state index contributed by atoms with van der Waals surface area (Å²) in [6.45, 7) is -0.714. The Kier molecular flexibility index (Phi) is 10.1. The first-order valence-corrected chi connectivity index (χ1v) is 12.2. The summed E-state index contributed by atoms with van der Waals surface area (Å²) in [6.07, 6.45) is -0.0673. The standard InChI is InChI=1S/C29H31N3O6/c30-28(37)25(18-33)32-29(38)24(15-17-27(35)36)31-26(34)16-8-19-6-9-21(10-7-19)23-13-11-22(12-14-23)20-4-2-1-3-5-20/h1-7,9-14,24-25,33H,8,15-18H2,(H2,30,37)(H,31,34)(H,32,38)(H,35,36)/t24-,25?/m0/s1. The molecule has 3 rings (SSSR count). The molecule has 0 bridgehead atoms. The number of rotatable bonds is 13. The Bertz CT molecular complexity index is 1240. The lowest BCUT2D eigenvalue weighted by molar-refractivity contribution is -0.138. The molecule has 198 valence electrons. The van der Waals surface area contributed by atoms with E-state index in [2.05, 4.69) is 47.0 Å². The minimum Gasteiger partial charge on any atom is -0.481 e. The average Bonchev–Trinajstić information content (AvgIpc) is 2.93. The molecule has 1 unspecified atom stereocenters. The maximum Gasteiger partial charge on any atom is 0.303 e. The van der Waals surface area contributed by atoms with Crippen molar-refractivity contribution in [1.29, 1.82) is 0 Å². The van der Waals surface area contributed by atoms with E-state index in [0.717, 1.165) is 27.8 Å². The van der Waals surface area contributed by atoms with Crippen LogP contribution in [-0.2, 0) is 25.6 Å². The van der Waals surface area contributed by atoms with Crippen LogP contribution in [0.4, 0.5) is 0 Å². The van der Waals surface area contributed by atoms with E-state index in [-0.39, 0.29) is 19.3 Å². The number of aliphatic carboxylic acids is 1. The molecular formula is C29H31N3O6. The number of carboxylic acid groups (broad SMARTS) is 1. The van der Waals surface area contributed by atoms with E-state index in [4.69, 9.17) is 10.8 Å². The summed E-state index contributed by atoms with van der Waals surface area (Å²) < 4.78 is 0. The lowest BCUT2D eigenvalue weighted by atomic mass is 9.99. The second-order valence-corrected chi connectivity index (χ2v) is 8.84. The first-order chi connectivity index (χ1) is 18.3. The van der Waals surface area contributed by atoms with Gasteiger partial charge < -0.3 is 26.6 Å². The van der Waals surface area contributed by atoms with Gasteiger partial charge in [0.15, 0.2) is 0 Å². The van der Waals surface area contributed by atoms with E-state index in [0.29, 0.717) is 6.42 Å². The fourth-order valence-electron chi connectivity index (χ4n) is 3.89. The Morgan fingerprint density at radius 2 is 1.24 bits per heavy atom. The maximum atomic E-state index is 12.5. The highest BCUT2D eigenvalue weighted by molar-refractivity contribution is 5.92. The average molecular weight is 518 g/mol. The zero-order valence-electron chi connectivity index (χ0n) is 20.8. The van der Waals surface area contributed by atoms with Crippen molar-refractivity contribution in [3.63, 3.8) is 0 Å². The summed E-state index contributed by atoms with van der Waals surface area (Å²) in [5, 5.41) is 22.9. The molecule has 0 spiro atoms.